The zero-order valence-electron chi connectivity index (χ0n) is 15.4. The highest BCUT2D eigenvalue weighted by atomic mass is 19.1. The van der Waals surface area contributed by atoms with Crippen LogP contribution in [-0.2, 0) is 4.79 Å². The van der Waals surface area contributed by atoms with Crippen molar-refractivity contribution in [1.82, 2.24) is 15.1 Å². The molecule has 0 bridgehead atoms. The Labute approximate surface area is 169 Å². The normalized spacial score (nSPS) is 13.1. The molecule has 2 aromatic carbocycles. The molecule has 9 nitrogen and oxygen atoms in total. The molecule has 2 heterocycles. The molecule has 1 aromatic heterocycles. The molecular formula is C20H16FN3O6. The molecule has 0 saturated carbocycles. The molecule has 1 aliphatic rings. The zero-order valence-corrected chi connectivity index (χ0v) is 15.4. The molecule has 1 atom stereocenters. The van der Waals surface area contributed by atoms with Gasteiger partial charge in [0.25, 0.3) is 5.91 Å². The summed E-state index contributed by atoms with van der Waals surface area (Å²) in [4.78, 5) is 24.1. The summed E-state index contributed by atoms with van der Waals surface area (Å²) >= 11 is 0. The fourth-order valence-corrected chi connectivity index (χ4v) is 3.13. The first-order valence-electron chi connectivity index (χ1n) is 8.88. The van der Waals surface area contributed by atoms with E-state index in [-0.39, 0.29) is 18.4 Å². The van der Waals surface area contributed by atoms with E-state index in [1.807, 2.05) is 0 Å². The predicted octanol–water partition coefficient (Wildman–Crippen LogP) is 2.39. The largest absolute Gasteiger partial charge is 0.493 e. The number of rotatable bonds is 6. The number of carbonyl (C=O) groups is 2. The number of aliphatic carboxylic acids is 1. The standard InChI is InChI=1S/C20H16FN3O6/c21-11-4-6-12(7-5-11)24-17(25)8-15(23-24)20(28)22-14(9-18(26)27)13-2-1-3-16-19(13)30-10-29-16/h1-8,14,25H,9-10H2,(H,22,28)(H,26,27). The minimum atomic E-state index is -1.13. The highest BCUT2D eigenvalue weighted by molar-refractivity contribution is 5.93. The Kier molecular flexibility index (Phi) is 4.97. The van der Waals surface area contributed by atoms with Crippen molar-refractivity contribution in [3.8, 4) is 23.1 Å². The highest BCUT2D eigenvalue weighted by Crippen LogP contribution is 2.39. The molecule has 0 spiro atoms. The van der Waals surface area contributed by atoms with Gasteiger partial charge in [0.15, 0.2) is 17.2 Å². The molecule has 30 heavy (non-hydrogen) atoms. The molecule has 1 unspecified atom stereocenters. The van der Waals surface area contributed by atoms with E-state index in [9.17, 15) is 24.2 Å². The number of nitrogens with zero attached hydrogens (tertiary/aromatic N) is 2. The van der Waals surface area contributed by atoms with Gasteiger partial charge >= 0.3 is 5.97 Å². The second kappa shape index (κ2) is 7.74. The number of amides is 1. The van der Waals surface area contributed by atoms with Crippen molar-refractivity contribution in [3.05, 3.63) is 65.6 Å². The van der Waals surface area contributed by atoms with E-state index in [0.717, 1.165) is 10.7 Å². The Morgan fingerprint density at radius 3 is 2.70 bits per heavy atom. The van der Waals surface area contributed by atoms with Gasteiger partial charge in [0, 0.05) is 11.6 Å². The second-order valence-electron chi connectivity index (χ2n) is 6.48. The zero-order chi connectivity index (χ0) is 21.3. The number of ether oxygens (including phenoxy) is 2. The maximum atomic E-state index is 13.1. The molecule has 0 aliphatic carbocycles. The Balaban J connectivity index is 1.61. The average molecular weight is 413 g/mol. The van der Waals surface area contributed by atoms with Crippen molar-refractivity contribution in [1.29, 1.82) is 0 Å². The minimum Gasteiger partial charge on any atom is -0.493 e. The van der Waals surface area contributed by atoms with Crippen LogP contribution in [0, 0.1) is 5.82 Å². The number of aromatic hydroxyl groups is 1. The van der Waals surface area contributed by atoms with E-state index >= 15 is 0 Å². The lowest BCUT2D eigenvalue weighted by Crippen LogP contribution is -2.30. The topological polar surface area (TPSA) is 123 Å². The van der Waals surface area contributed by atoms with Crippen LogP contribution in [0.3, 0.4) is 0 Å². The van der Waals surface area contributed by atoms with Crippen LogP contribution in [0.15, 0.2) is 48.5 Å². The van der Waals surface area contributed by atoms with Gasteiger partial charge < -0.3 is 25.0 Å². The van der Waals surface area contributed by atoms with Gasteiger partial charge in [0.05, 0.1) is 18.2 Å². The molecule has 1 aliphatic heterocycles. The third-order valence-electron chi connectivity index (χ3n) is 4.48. The van der Waals surface area contributed by atoms with E-state index in [2.05, 4.69) is 10.4 Å². The number of para-hydroxylation sites is 1. The van der Waals surface area contributed by atoms with Crippen LogP contribution in [0.25, 0.3) is 5.69 Å². The van der Waals surface area contributed by atoms with E-state index in [4.69, 9.17) is 9.47 Å². The van der Waals surface area contributed by atoms with Crippen LogP contribution in [0.2, 0.25) is 0 Å². The maximum absolute atomic E-state index is 13.1. The van der Waals surface area contributed by atoms with E-state index < -0.39 is 30.2 Å². The van der Waals surface area contributed by atoms with Crippen molar-refractivity contribution in [3.63, 3.8) is 0 Å². The Hall–Kier alpha value is -4.08. The SMILES string of the molecule is O=C(O)CC(NC(=O)c1cc(O)n(-c2ccc(F)cc2)n1)c1cccc2c1OCO2. The van der Waals surface area contributed by atoms with E-state index in [1.54, 1.807) is 18.2 Å². The third kappa shape index (κ3) is 3.75. The number of carboxylic acid groups (broad SMARTS) is 1. The Bertz CT molecular complexity index is 1110. The fraction of sp³-hybridized carbons (Fsp3) is 0.150. The number of nitrogens with one attached hydrogen (secondary N) is 1. The van der Waals surface area contributed by atoms with Crippen LogP contribution in [0.5, 0.6) is 17.4 Å². The van der Waals surface area contributed by atoms with Crippen LogP contribution in [-0.4, -0.2) is 38.7 Å². The van der Waals surface area contributed by atoms with Crippen LogP contribution in [0.4, 0.5) is 4.39 Å². The lowest BCUT2D eigenvalue weighted by Gasteiger charge is -2.18. The van der Waals surface area contributed by atoms with Crippen molar-refractivity contribution >= 4 is 11.9 Å². The van der Waals surface area contributed by atoms with E-state index in [0.29, 0.717) is 22.7 Å². The molecule has 154 valence electrons. The van der Waals surface area contributed by atoms with Gasteiger partial charge in [-0.25, -0.2) is 9.07 Å². The van der Waals surface area contributed by atoms with Crippen LogP contribution < -0.4 is 14.8 Å². The summed E-state index contributed by atoms with van der Waals surface area (Å²) in [7, 11) is 0. The molecular weight excluding hydrogens is 397 g/mol. The number of benzene rings is 2. The van der Waals surface area contributed by atoms with Gasteiger partial charge in [-0.3, -0.25) is 9.59 Å². The summed E-state index contributed by atoms with van der Waals surface area (Å²) in [5.41, 5.74) is 0.654. The first-order valence-corrected chi connectivity index (χ1v) is 8.88. The van der Waals surface area contributed by atoms with Gasteiger partial charge in [-0.05, 0) is 30.3 Å². The van der Waals surface area contributed by atoms with Crippen molar-refractivity contribution in [2.24, 2.45) is 0 Å². The number of carbonyl (C=O) groups excluding carboxylic acids is 1. The van der Waals surface area contributed by atoms with Crippen molar-refractivity contribution in [2.75, 3.05) is 6.79 Å². The Morgan fingerprint density at radius 1 is 1.20 bits per heavy atom. The quantitative estimate of drug-likeness (QED) is 0.567. The van der Waals surface area contributed by atoms with Gasteiger partial charge in [-0.15, -0.1) is 0 Å². The molecule has 0 radical (unpaired) electrons. The molecule has 0 saturated heterocycles. The van der Waals surface area contributed by atoms with Gasteiger partial charge in [-0.1, -0.05) is 12.1 Å². The maximum Gasteiger partial charge on any atom is 0.305 e. The lowest BCUT2D eigenvalue weighted by atomic mass is 10.0. The molecule has 1 amide bonds. The molecule has 3 N–H and O–H groups in total. The van der Waals surface area contributed by atoms with Gasteiger partial charge in [0.2, 0.25) is 12.7 Å². The number of hydrogen-bond donors (Lipinski definition) is 3. The monoisotopic (exact) mass is 413 g/mol. The van der Waals surface area contributed by atoms with Crippen molar-refractivity contribution < 1.29 is 33.7 Å². The number of aromatic nitrogens is 2. The van der Waals surface area contributed by atoms with Crippen LogP contribution >= 0.6 is 0 Å². The summed E-state index contributed by atoms with van der Waals surface area (Å²) in [6.45, 7) is -0.00394. The summed E-state index contributed by atoms with van der Waals surface area (Å²) < 4.78 is 24.9. The first-order chi connectivity index (χ1) is 14.4. The second-order valence-corrected chi connectivity index (χ2v) is 6.48. The smallest absolute Gasteiger partial charge is 0.305 e. The van der Waals surface area contributed by atoms with Crippen molar-refractivity contribution in [2.45, 2.75) is 12.5 Å². The van der Waals surface area contributed by atoms with Crippen LogP contribution in [0.1, 0.15) is 28.5 Å². The lowest BCUT2D eigenvalue weighted by molar-refractivity contribution is -0.137. The minimum absolute atomic E-state index is 0.00394. The number of halogens is 1. The molecule has 10 heteroatoms. The molecule has 4 rings (SSSR count). The summed E-state index contributed by atoms with van der Waals surface area (Å²) in [6, 6.07) is 10.3. The average Bonchev–Trinajstić information content (AvgIpc) is 3.34. The summed E-state index contributed by atoms with van der Waals surface area (Å²) in [6.07, 6.45) is -0.407. The molecule has 3 aromatic rings. The Morgan fingerprint density at radius 2 is 1.97 bits per heavy atom. The predicted molar refractivity (Wildman–Crippen MR) is 100 cm³/mol. The third-order valence-corrected chi connectivity index (χ3v) is 4.48. The van der Waals surface area contributed by atoms with Gasteiger partial charge in [0.1, 0.15) is 5.82 Å². The highest BCUT2D eigenvalue weighted by Gasteiger charge is 2.27. The summed E-state index contributed by atoms with van der Waals surface area (Å²) in [5.74, 6) is -1.80. The van der Waals surface area contributed by atoms with Gasteiger partial charge in [-0.2, -0.15) is 5.10 Å². The molecule has 0 fully saturated rings. The fourth-order valence-electron chi connectivity index (χ4n) is 3.13. The number of carboxylic acids is 1. The van der Waals surface area contributed by atoms with E-state index in [1.165, 1.54) is 24.3 Å². The number of fused-ring (bicyclic) bond motifs is 1. The summed E-state index contributed by atoms with van der Waals surface area (Å²) in [5, 5.41) is 26.1. The number of hydrogen-bond acceptors (Lipinski definition) is 6. The first kappa shape index (κ1) is 19.2.